The zero-order chi connectivity index (χ0) is 11.4. The highest BCUT2D eigenvalue weighted by atomic mass is 32.2. The third-order valence-electron chi connectivity index (χ3n) is 1.38. The maximum atomic E-state index is 10.9. The molecule has 0 fully saturated rings. The molecule has 0 saturated carbocycles. The van der Waals surface area contributed by atoms with Crippen molar-refractivity contribution < 1.29 is 21.9 Å². The molecule has 0 aliphatic rings. The van der Waals surface area contributed by atoms with Gasteiger partial charge in [-0.15, -0.1) is 0 Å². The van der Waals surface area contributed by atoms with Crippen molar-refractivity contribution in [2.24, 2.45) is 0 Å². The fourth-order valence-electron chi connectivity index (χ4n) is 0.693. The van der Waals surface area contributed by atoms with Crippen LogP contribution in [0.5, 0.6) is 0 Å². The predicted octanol–water partition coefficient (Wildman–Crippen LogP) is -0.579. The number of thiol groups is 1. The van der Waals surface area contributed by atoms with Gasteiger partial charge in [0.15, 0.2) is 20.5 Å². The van der Waals surface area contributed by atoms with Crippen molar-refractivity contribution in [1.29, 1.82) is 0 Å². The molecule has 0 bridgehead atoms. The topological polar surface area (TPSA) is 88.5 Å². The van der Waals surface area contributed by atoms with Gasteiger partial charge < -0.3 is 5.11 Å². The van der Waals surface area contributed by atoms with Crippen LogP contribution in [0, 0.1) is 0 Å². The van der Waals surface area contributed by atoms with Gasteiger partial charge in [-0.3, -0.25) is 0 Å². The van der Waals surface area contributed by atoms with E-state index in [1.807, 2.05) is 0 Å². The molecule has 0 amide bonds. The van der Waals surface area contributed by atoms with Crippen molar-refractivity contribution in [3.8, 4) is 0 Å². The Kier molecular flexibility index (Phi) is 5.03. The molecular formula is C7H12O5S2. The van der Waals surface area contributed by atoms with Crippen LogP contribution in [-0.2, 0) is 20.5 Å². The summed E-state index contributed by atoms with van der Waals surface area (Å²) in [5, 5.41) is 9.88. The first-order valence-electron chi connectivity index (χ1n) is 3.64. The molecule has 0 heterocycles. The monoisotopic (exact) mass is 240 g/mol. The van der Waals surface area contributed by atoms with Crippen LogP contribution in [0.3, 0.4) is 0 Å². The summed E-state index contributed by atoms with van der Waals surface area (Å²) >= 11 is 0. The molecule has 1 unspecified atom stereocenters. The average Bonchev–Trinajstić information content (AvgIpc) is 2.02. The predicted molar refractivity (Wildman–Crippen MR) is 54.1 cm³/mol. The van der Waals surface area contributed by atoms with Gasteiger partial charge in [0.05, 0.1) is 11.9 Å². The van der Waals surface area contributed by atoms with Gasteiger partial charge in [0, 0.05) is 10.3 Å². The summed E-state index contributed by atoms with van der Waals surface area (Å²) in [5.74, 6) is -0.559. The van der Waals surface area contributed by atoms with E-state index in [2.05, 4.69) is 6.58 Å². The summed E-state index contributed by atoms with van der Waals surface area (Å²) in [7, 11) is -6.28. The standard InChI is InChI=1S/C7H12O5S2/c1-3-14(11,12)5-7(8)4-6(2)13(9)10/h3-4,7-8,13H,1,5H2,2H3. The number of hydrogen-bond donors (Lipinski definition) is 2. The Morgan fingerprint density at radius 2 is 2.07 bits per heavy atom. The Morgan fingerprint density at radius 3 is 2.43 bits per heavy atom. The van der Waals surface area contributed by atoms with E-state index in [9.17, 15) is 16.8 Å². The minimum absolute atomic E-state index is 0.0632. The van der Waals surface area contributed by atoms with Crippen LogP contribution in [0.15, 0.2) is 23.0 Å². The van der Waals surface area contributed by atoms with E-state index < -0.39 is 32.4 Å². The van der Waals surface area contributed by atoms with Gasteiger partial charge in [0.1, 0.15) is 0 Å². The highest BCUT2D eigenvalue weighted by molar-refractivity contribution is 7.94. The molecule has 0 aliphatic heterocycles. The second-order valence-electron chi connectivity index (χ2n) is 2.63. The molecule has 0 aromatic rings. The first-order chi connectivity index (χ1) is 6.28. The number of allylic oxidation sites excluding steroid dienone is 1. The van der Waals surface area contributed by atoms with E-state index in [1.165, 1.54) is 6.92 Å². The fraction of sp³-hybridized carbons (Fsp3) is 0.429. The molecule has 1 atom stereocenters. The van der Waals surface area contributed by atoms with Crippen LogP contribution < -0.4 is 0 Å². The lowest BCUT2D eigenvalue weighted by atomic mass is 10.4. The lowest BCUT2D eigenvalue weighted by Gasteiger charge is -2.03. The maximum absolute atomic E-state index is 10.9. The van der Waals surface area contributed by atoms with Crippen molar-refractivity contribution in [2.75, 3.05) is 5.75 Å². The number of rotatable bonds is 5. The minimum Gasteiger partial charge on any atom is -0.388 e. The van der Waals surface area contributed by atoms with E-state index >= 15 is 0 Å². The molecule has 0 aliphatic carbocycles. The van der Waals surface area contributed by atoms with Crippen LogP contribution in [-0.4, -0.2) is 33.8 Å². The summed E-state index contributed by atoms with van der Waals surface area (Å²) < 4.78 is 42.5. The van der Waals surface area contributed by atoms with Gasteiger partial charge in [-0.2, -0.15) is 0 Å². The molecule has 0 spiro atoms. The second kappa shape index (κ2) is 5.28. The summed E-state index contributed by atoms with van der Waals surface area (Å²) in [4.78, 5) is -0.0632. The van der Waals surface area contributed by atoms with Crippen molar-refractivity contribution in [3.05, 3.63) is 23.0 Å². The van der Waals surface area contributed by atoms with Crippen LogP contribution >= 0.6 is 0 Å². The van der Waals surface area contributed by atoms with E-state index in [0.717, 1.165) is 11.5 Å². The molecule has 0 rings (SSSR count). The van der Waals surface area contributed by atoms with Crippen molar-refractivity contribution >= 4 is 20.5 Å². The van der Waals surface area contributed by atoms with E-state index in [1.54, 1.807) is 0 Å². The molecular weight excluding hydrogens is 228 g/mol. The molecule has 0 saturated heterocycles. The normalized spacial score (nSPS) is 15.5. The zero-order valence-corrected chi connectivity index (χ0v) is 9.29. The van der Waals surface area contributed by atoms with Crippen molar-refractivity contribution in [2.45, 2.75) is 13.0 Å². The Labute approximate surface area is 84.6 Å². The van der Waals surface area contributed by atoms with Gasteiger partial charge in [-0.05, 0) is 13.0 Å². The third kappa shape index (κ3) is 5.15. The summed E-state index contributed by atoms with van der Waals surface area (Å²) in [5.41, 5.74) is 0. The van der Waals surface area contributed by atoms with Crippen molar-refractivity contribution in [1.82, 2.24) is 0 Å². The molecule has 0 aromatic heterocycles. The quantitative estimate of drug-likeness (QED) is 0.628. The largest absolute Gasteiger partial charge is 0.388 e. The second-order valence-corrected chi connectivity index (χ2v) is 5.84. The van der Waals surface area contributed by atoms with Gasteiger partial charge in [-0.25, -0.2) is 16.8 Å². The average molecular weight is 240 g/mol. The third-order valence-corrected chi connectivity index (χ3v) is 3.42. The van der Waals surface area contributed by atoms with Gasteiger partial charge in [0.25, 0.3) is 0 Å². The molecule has 7 heteroatoms. The molecule has 82 valence electrons. The zero-order valence-electron chi connectivity index (χ0n) is 7.58. The smallest absolute Gasteiger partial charge is 0.173 e. The Morgan fingerprint density at radius 1 is 1.57 bits per heavy atom. The summed E-state index contributed by atoms with van der Waals surface area (Å²) in [6.07, 6.45) is -0.349. The highest BCUT2D eigenvalue weighted by Crippen LogP contribution is 2.01. The first-order valence-corrected chi connectivity index (χ1v) is 6.54. The first kappa shape index (κ1) is 13.3. The van der Waals surface area contributed by atoms with Crippen LogP contribution in [0.25, 0.3) is 0 Å². The van der Waals surface area contributed by atoms with E-state index in [-0.39, 0.29) is 4.91 Å². The van der Waals surface area contributed by atoms with Crippen LogP contribution in [0.1, 0.15) is 6.92 Å². The fourth-order valence-corrected chi connectivity index (χ4v) is 1.70. The van der Waals surface area contributed by atoms with E-state index in [0.29, 0.717) is 0 Å². The Hall–Kier alpha value is -0.660. The molecule has 1 N–H and O–H groups in total. The summed E-state index contributed by atoms with van der Waals surface area (Å²) in [6, 6.07) is 0. The molecule has 0 aromatic carbocycles. The molecule has 5 nitrogen and oxygen atoms in total. The number of aliphatic hydroxyl groups is 1. The summed E-state index contributed by atoms with van der Waals surface area (Å²) in [6.45, 7) is 4.33. The molecule has 0 radical (unpaired) electrons. The van der Waals surface area contributed by atoms with Crippen LogP contribution in [0.2, 0.25) is 0 Å². The maximum Gasteiger partial charge on any atom is 0.173 e. The van der Waals surface area contributed by atoms with Crippen molar-refractivity contribution in [3.63, 3.8) is 0 Å². The van der Waals surface area contributed by atoms with E-state index in [4.69, 9.17) is 5.11 Å². The molecule has 14 heavy (non-hydrogen) atoms. The minimum atomic E-state index is -3.52. The van der Waals surface area contributed by atoms with Gasteiger partial charge in [0.2, 0.25) is 0 Å². The number of hydrogen-bond acceptors (Lipinski definition) is 5. The number of aliphatic hydroxyl groups excluding tert-OH is 1. The van der Waals surface area contributed by atoms with Gasteiger partial charge >= 0.3 is 0 Å². The lowest BCUT2D eigenvalue weighted by molar-refractivity contribution is 0.246. The lowest BCUT2D eigenvalue weighted by Crippen LogP contribution is -2.17. The van der Waals surface area contributed by atoms with Crippen LogP contribution in [0.4, 0.5) is 0 Å². The Balaban J connectivity index is 4.61. The van der Waals surface area contributed by atoms with Gasteiger partial charge in [-0.1, -0.05) is 6.58 Å². The highest BCUT2D eigenvalue weighted by Gasteiger charge is 2.12. The Bertz CT molecular complexity index is 394. The SMILES string of the molecule is C=CS(=O)(=O)CC(O)C=C(C)[SH](=O)=O. The number of sulfone groups is 1.